The molecule has 2 aliphatic rings. The first-order valence-electron chi connectivity index (χ1n) is 8.64. The summed E-state index contributed by atoms with van der Waals surface area (Å²) in [7, 11) is 0. The molecule has 22 heavy (non-hydrogen) atoms. The second-order valence-corrected chi connectivity index (χ2v) is 6.94. The van der Waals surface area contributed by atoms with Crippen molar-refractivity contribution in [1.82, 2.24) is 4.90 Å². The average Bonchev–Trinajstić information content (AvgIpc) is 2.54. The van der Waals surface area contributed by atoms with E-state index in [1.54, 1.807) is 0 Å². The molecule has 0 unspecified atom stereocenters. The van der Waals surface area contributed by atoms with Gasteiger partial charge in [-0.2, -0.15) is 0 Å². The second-order valence-electron chi connectivity index (χ2n) is 6.94. The standard InChI is InChI=1S/C19H27NO2/c1-2-15-13-20(12-14-6-4-3-5-7-14)18-10-16(15)11-19(22)17(18)8-9-21/h3-7,15-18,21H,2,8-13H2,1H3/t15-,16+,17-,18+/m1/s1. The van der Waals surface area contributed by atoms with Crippen molar-refractivity contribution in [2.75, 3.05) is 13.2 Å². The van der Waals surface area contributed by atoms with Crippen molar-refractivity contribution >= 4 is 5.78 Å². The summed E-state index contributed by atoms with van der Waals surface area (Å²) in [6.45, 7) is 4.38. The van der Waals surface area contributed by atoms with Crippen molar-refractivity contribution in [2.24, 2.45) is 17.8 Å². The normalized spacial score (nSPS) is 32.2. The second kappa shape index (κ2) is 6.93. The summed E-state index contributed by atoms with van der Waals surface area (Å²) in [5.41, 5.74) is 1.32. The molecule has 2 bridgehead atoms. The van der Waals surface area contributed by atoms with Gasteiger partial charge in [-0.25, -0.2) is 0 Å². The minimum atomic E-state index is 0.0303. The summed E-state index contributed by atoms with van der Waals surface area (Å²) in [6, 6.07) is 10.9. The third kappa shape index (κ3) is 3.11. The number of aliphatic hydroxyl groups is 1. The highest BCUT2D eigenvalue weighted by atomic mass is 16.3. The zero-order valence-corrected chi connectivity index (χ0v) is 13.4. The van der Waals surface area contributed by atoms with Crippen molar-refractivity contribution in [3.05, 3.63) is 35.9 Å². The molecule has 3 heteroatoms. The number of carbonyl (C=O) groups is 1. The molecule has 1 aliphatic carbocycles. The van der Waals surface area contributed by atoms with Gasteiger partial charge in [0.1, 0.15) is 5.78 Å². The first-order valence-corrected chi connectivity index (χ1v) is 8.64. The average molecular weight is 301 g/mol. The number of ketones is 1. The Bertz CT molecular complexity index is 501. The first kappa shape index (κ1) is 15.7. The molecular formula is C19H27NO2. The number of fused-ring (bicyclic) bond motifs is 2. The summed E-state index contributed by atoms with van der Waals surface area (Å²) in [5.74, 6) is 1.61. The Labute approximate surface area is 133 Å². The molecule has 1 aromatic carbocycles. The first-order chi connectivity index (χ1) is 10.7. The number of carbonyl (C=O) groups excluding carboxylic acids is 1. The van der Waals surface area contributed by atoms with E-state index >= 15 is 0 Å². The summed E-state index contributed by atoms with van der Waals surface area (Å²) < 4.78 is 0. The lowest BCUT2D eigenvalue weighted by Gasteiger charge is -2.50. The summed E-state index contributed by atoms with van der Waals surface area (Å²) >= 11 is 0. The van der Waals surface area contributed by atoms with Gasteiger partial charge in [0.15, 0.2) is 0 Å². The molecule has 1 heterocycles. The van der Waals surface area contributed by atoms with Crippen molar-refractivity contribution in [1.29, 1.82) is 0 Å². The fraction of sp³-hybridized carbons (Fsp3) is 0.632. The van der Waals surface area contributed by atoms with Gasteiger partial charge in [-0.3, -0.25) is 9.69 Å². The van der Waals surface area contributed by atoms with Gasteiger partial charge in [-0.05, 0) is 30.2 Å². The van der Waals surface area contributed by atoms with Crippen LogP contribution in [0.15, 0.2) is 30.3 Å². The predicted octanol–water partition coefficient (Wildman–Crippen LogP) is 2.87. The quantitative estimate of drug-likeness (QED) is 0.909. The van der Waals surface area contributed by atoms with E-state index in [-0.39, 0.29) is 12.5 Å². The van der Waals surface area contributed by atoms with Gasteiger partial charge in [0.05, 0.1) is 0 Å². The smallest absolute Gasteiger partial charge is 0.137 e. The van der Waals surface area contributed by atoms with Crippen LogP contribution in [0.2, 0.25) is 0 Å². The van der Waals surface area contributed by atoms with Crippen LogP contribution < -0.4 is 0 Å². The van der Waals surface area contributed by atoms with E-state index in [4.69, 9.17) is 0 Å². The summed E-state index contributed by atoms with van der Waals surface area (Å²) in [4.78, 5) is 15.0. The lowest BCUT2D eigenvalue weighted by molar-refractivity contribution is -0.135. The molecule has 1 N–H and O–H groups in total. The molecule has 1 saturated carbocycles. The molecule has 4 atom stereocenters. The largest absolute Gasteiger partial charge is 0.396 e. The lowest BCUT2D eigenvalue weighted by atomic mass is 9.67. The molecule has 0 amide bonds. The number of hydrogen-bond donors (Lipinski definition) is 1. The molecule has 3 nitrogen and oxygen atoms in total. The van der Waals surface area contributed by atoms with Crippen LogP contribution in [0, 0.1) is 17.8 Å². The van der Waals surface area contributed by atoms with E-state index in [1.165, 1.54) is 5.56 Å². The molecular weight excluding hydrogens is 274 g/mol. The SMILES string of the molecule is CC[C@@H]1CN(Cc2ccccc2)[C@H]2C[C@H]1CC(=O)[C@@H]2CCO. The van der Waals surface area contributed by atoms with E-state index in [2.05, 4.69) is 36.1 Å². The number of piperidine rings is 1. The summed E-state index contributed by atoms with van der Waals surface area (Å²) in [6.07, 6.45) is 3.64. The Morgan fingerprint density at radius 2 is 2.05 bits per heavy atom. The maximum Gasteiger partial charge on any atom is 0.137 e. The van der Waals surface area contributed by atoms with Crippen LogP contribution in [0.1, 0.15) is 38.2 Å². The van der Waals surface area contributed by atoms with Crippen LogP contribution in [0.4, 0.5) is 0 Å². The Morgan fingerprint density at radius 3 is 2.73 bits per heavy atom. The topological polar surface area (TPSA) is 40.5 Å². The maximum absolute atomic E-state index is 12.5. The van der Waals surface area contributed by atoms with Crippen LogP contribution in [0.25, 0.3) is 0 Å². The Balaban J connectivity index is 1.81. The molecule has 2 fully saturated rings. The summed E-state index contributed by atoms with van der Waals surface area (Å²) in [5, 5.41) is 9.34. The third-order valence-corrected chi connectivity index (χ3v) is 5.68. The fourth-order valence-electron chi connectivity index (χ4n) is 4.49. The Morgan fingerprint density at radius 1 is 1.27 bits per heavy atom. The van der Waals surface area contributed by atoms with Crippen molar-refractivity contribution in [2.45, 2.75) is 45.2 Å². The fourth-order valence-corrected chi connectivity index (χ4v) is 4.49. The van der Waals surface area contributed by atoms with E-state index < -0.39 is 0 Å². The number of benzene rings is 1. The minimum absolute atomic E-state index is 0.0303. The molecule has 1 aliphatic heterocycles. The molecule has 1 aromatic rings. The monoisotopic (exact) mass is 301 g/mol. The minimum Gasteiger partial charge on any atom is -0.396 e. The molecule has 0 spiro atoms. The highest BCUT2D eigenvalue weighted by Gasteiger charge is 2.45. The Kier molecular flexibility index (Phi) is 4.94. The Hall–Kier alpha value is -1.19. The van der Waals surface area contributed by atoms with E-state index in [0.717, 1.165) is 32.4 Å². The highest BCUT2D eigenvalue weighted by Crippen LogP contribution is 2.42. The van der Waals surface area contributed by atoms with Gasteiger partial charge in [0.2, 0.25) is 0 Å². The number of Topliss-reactive ketones (excluding diaryl/α,β-unsaturated/α-hetero) is 1. The zero-order valence-electron chi connectivity index (χ0n) is 13.4. The molecule has 120 valence electrons. The van der Waals surface area contributed by atoms with Gasteiger partial charge in [-0.15, -0.1) is 0 Å². The van der Waals surface area contributed by atoms with Crippen molar-refractivity contribution < 1.29 is 9.90 Å². The highest BCUT2D eigenvalue weighted by molar-refractivity contribution is 5.83. The number of hydrogen-bond acceptors (Lipinski definition) is 3. The number of likely N-dealkylation sites (tertiary alicyclic amines) is 1. The zero-order chi connectivity index (χ0) is 15.5. The van der Waals surface area contributed by atoms with Gasteiger partial charge in [0, 0.05) is 38.1 Å². The molecule has 3 rings (SSSR count). The van der Waals surface area contributed by atoms with Crippen LogP contribution in [0.3, 0.4) is 0 Å². The van der Waals surface area contributed by atoms with Crippen LogP contribution >= 0.6 is 0 Å². The van der Waals surface area contributed by atoms with E-state index in [9.17, 15) is 9.90 Å². The molecule has 0 radical (unpaired) electrons. The van der Waals surface area contributed by atoms with Crippen molar-refractivity contribution in [3.63, 3.8) is 0 Å². The van der Waals surface area contributed by atoms with Gasteiger partial charge in [0.25, 0.3) is 0 Å². The van der Waals surface area contributed by atoms with Crippen molar-refractivity contribution in [3.8, 4) is 0 Å². The number of nitrogens with zero attached hydrogens (tertiary/aromatic N) is 1. The van der Waals surface area contributed by atoms with Gasteiger partial charge in [-0.1, -0.05) is 43.7 Å². The number of aliphatic hydroxyl groups excluding tert-OH is 1. The molecule has 0 aromatic heterocycles. The van der Waals surface area contributed by atoms with Gasteiger partial charge >= 0.3 is 0 Å². The van der Waals surface area contributed by atoms with Crippen LogP contribution in [0.5, 0.6) is 0 Å². The number of rotatable bonds is 5. The van der Waals surface area contributed by atoms with Crippen LogP contribution in [-0.4, -0.2) is 35.0 Å². The van der Waals surface area contributed by atoms with Gasteiger partial charge < -0.3 is 5.11 Å². The third-order valence-electron chi connectivity index (χ3n) is 5.68. The predicted molar refractivity (Wildman–Crippen MR) is 87.3 cm³/mol. The molecule has 1 saturated heterocycles. The van der Waals surface area contributed by atoms with Crippen LogP contribution in [-0.2, 0) is 11.3 Å². The maximum atomic E-state index is 12.5. The van der Waals surface area contributed by atoms with E-state index in [1.807, 2.05) is 6.07 Å². The van der Waals surface area contributed by atoms with E-state index in [0.29, 0.717) is 30.1 Å². The lowest BCUT2D eigenvalue weighted by Crippen LogP contribution is -2.55.